The fraction of sp³-hybridized carbons (Fsp3) is 0.314. The van der Waals surface area contributed by atoms with Crippen molar-refractivity contribution in [2.24, 2.45) is 4.99 Å². The predicted octanol–water partition coefficient (Wildman–Crippen LogP) is 5.20. The summed E-state index contributed by atoms with van der Waals surface area (Å²) in [5.41, 5.74) is 5.40. The molecule has 0 unspecified atom stereocenters. The maximum atomic E-state index is 14.2. The van der Waals surface area contributed by atoms with Gasteiger partial charge in [0.05, 0.1) is 41.7 Å². The summed E-state index contributed by atoms with van der Waals surface area (Å²) in [6, 6.07) is 14.1. The van der Waals surface area contributed by atoms with Crippen LogP contribution in [0.15, 0.2) is 69.6 Å². The highest BCUT2D eigenvalue weighted by Gasteiger charge is 2.34. The number of ketones is 1. The van der Waals surface area contributed by atoms with Crippen molar-refractivity contribution in [1.82, 2.24) is 9.13 Å². The normalized spacial score (nSPS) is 14.8. The van der Waals surface area contributed by atoms with E-state index in [0.29, 0.717) is 43.2 Å². The quantitative estimate of drug-likeness (QED) is 0.187. The van der Waals surface area contributed by atoms with E-state index < -0.39 is 12.0 Å². The molecule has 5 rings (SSSR count). The minimum absolute atomic E-state index is 0.00705. The van der Waals surface area contributed by atoms with E-state index >= 15 is 0 Å². The Morgan fingerprint density at radius 2 is 1.82 bits per heavy atom. The van der Waals surface area contributed by atoms with Crippen LogP contribution in [-0.2, 0) is 9.53 Å². The molecule has 0 bridgehead atoms. The number of hydrogen-bond acceptors (Lipinski definition) is 8. The van der Waals surface area contributed by atoms with Gasteiger partial charge in [-0.15, -0.1) is 0 Å². The molecule has 45 heavy (non-hydrogen) atoms. The summed E-state index contributed by atoms with van der Waals surface area (Å²) in [7, 11) is 1.55. The third kappa shape index (κ3) is 6.02. The highest BCUT2D eigenvalue weighted by Crippen LogP contribution is 2.36. The van der Waals surface area contributed by atoms with Crippen molar-refractivity contribution in [3.05, 3.63) is 108 Å². The summed E-state index contributed by atoms with van der Waals surface area (Å²) in [4.78, 5) is 44.7. The molecule has 1 atom stereocenters. The van der Waals surface area contributed by atoms with Crippen LogP contribution in [0.4, 0.5) is 0 Å². The molecule has 0 amide bonds. The van der Waals surface area contributed by atoms with Crippen LogP contribution in [0.2, 0.25) is 0 Å². The lowest BCUT2D eigenvalue weighted by Crippen LogP contribution is -2.40. The number of esters is 1. The van der Waals surface area contributed by atoms with Gasteiger partial charge in [0, 0.05) is 22.6 Å². The Labute approximate surface area is 265 Å². The molecule has 4 aromatic rings. The number of fused-ring (bicyclic) bond motifs is 1. The highest BCUT2D eigenvalue weighted by molar-refractivity contribution is 7.07. The Morgan fingerprint density at radius 3 is 2.49 bits per heavy atom. The van der Waals surface area contributed by atoms with Gasteiger partial charge in [0.25, 0.3) is 5.56 Å². The third-order valence-corrected chi connectivity index (χ3v) is 8.63. The molecule has 0 saturated heterocycles. The van der Waals surface area contributed by atoms with E-state index in [1.165, 1.54) is 11.3 Å². The molecule has 2 aromatic heterocycles. The van der Waals surface area contributed by atoms with Crippen LogP contribution in [0, 0.1) is 13.8 Å². The maximum Gasteiger partial charge on any atom is 0.338 e. The van der Waals surface area contributed by atoms with Crippen molar-refractivity contribution >= 4 is 29.2 Å². The highest BCUT2D eigenvalue weighted by atomic mass is 32.1. The average molecular weight is 628 g/mol. The molecule has 234 valence electrons. The van der Waals surface area contributed by atoms with Gasteiger partial charge in [-0.2, -0.15) is 0 Å². The van der Waals surface area contributed by atoms with Crippen molar-refractivity contribution in [2.75, 3.05) is 13.7 Å². The molecule has 0 saturated carbocycles. The third-order valence-electron chi connectivity index (χ3n) is 7.65. The van der Waals surface area contributed by atoms with Gasteiger partial charge < -0.3 is 18.8 Å². The molecule has 9 nitrogen and oxygen atoms in total. The van der Waals surface area contributed by atoms with Gasteiger partial charge in [0.15, 0.2) is 22.1 Å². The van der Waals surface area contributed by atoms with E-state index in [1.807, 2.05) is 64.1 Å². The first-order chi connectivity index (χ1) is 21.4. The largest absolute Gasteiger partial charge is 0.493 e. The molecule has 2 aromatic carbocycles. The van der Waals surface area contributed by atoms with Crippen LogP contribution < -0.4 is 24.4 Å². The second-order valence-corrected chi connectivity index (χ2v) is 12.2. The number of Topliss-reactive ketones (excluding diaryl/α,β-unsaturated/α-hetero) is 1. The lowest BCUT2D eigenvalue weighted by atomic mass is 9.95. The van der Waals surface area contributed by atoms with Gasteiger partial charge in [-0.3, -0.25) is 14.2 Å². The lowest BCUT2D eigenvalue weighted by molar-refractivity contribution is -0.139. The Bertz CT molecular complexity index is 2030. The van der Waals surface area contributed by atoms with Gasteiger partial charge in [0.1, 0.15) is 0 Å². The molecule has 0 spiro atoms. The molecular weight excluding hydrogens is 590 g/mol. The molecule has 0 fully saturated rings. The van der Waals surface area contributed by atoms with E-state index in [1.54, 1.807) is 50.6 Å². The molecule has 1 aliphatic heterocycles. The van der Waals surface area contributed by atoms with Gasteiger partial charge >= 0.3 is 5.97 Å². The number of allylic oxidation sites excluding steroid dienone is 1. The second-order valence-electron chi connectivity index (χ2n) is 11.1. The number of rotatable bonds is 9. The topological polar surface area (TPSA) is 101 Å². The molecule has 0 radical (unpaired) electrons. The smallest absolute Gasteiger partial charge is 0.338 e. The number of aryl methyl sites for hydroxylation is 1. The maximum absolute atomic E-state index is 14.2. The fourth-order valence-electron chi connectivity index (χ4n) is 5.65. The minimum Gasteiger partial charge on any atom is -0.493 e. The summed E-state index contributed by atoms with van der Waals surface area (Å²) < 4.78 is 21.1. The minimum atomic E-state index is -0.786. The number of carbonyl (C=O) groups excluding carboxylic acids is 2. The Balaban J connectivity index is 1.68. The van der Waals surface area contributed by atoms with Crippen LogP contribution >= 0.6 is 11.3 Å². The number of thiazole rings is 1. The first-order valence-electron chi connectivity index (χ1n) is 14.8. The monoisotopic (exact) mass is 627 g/mol. The Kier molecular flexibility index (Phi) is 8.97. The van der Waals surface area contributed by atoms with E-state index in [9.17, 15) is 14.4 Å². The number of benzene rings is 2. The van der Waals surface area contributed by atoms with Gasteiger partial charge in [-0.1, -0.05) is 29.5 Å². The number of methoxy groups -OCH3 is 1. The van der Waals surface area contributed by atoms with Crippen LogP contribution in [0.3, 0.4) is 0 Å². The molecule has 10 heteroatoms. The van der Waals surface area contributed by atoms with Crippen LogP contribution in [0.5, 0.6) is 11.5 Å². The van der Waals surface area contributed by atoms with Gasteiger partial charge in [-0.05, 0) is 96.0 Å². The molecule has 1 aliphatic rings. The predicted molar refractivity (Wildman–Crippen MR) is 174 cm³/mol. The van der Waals surface area contributed by atoms with Gasteiger partial charge in [-0.25, -0.2) is 9.79 Å². The van der Waals surface area contributed by atoms with E-state index in [2.05, 4.69) is 4.57 Å². The summed E-state index contributed by atoms with van der Waals surface area (Å²) in [6.45, 7) is 13.1. The Hall–Kier alpha value is -4.70. The second kappa shape index (κ2) is 12.7. The van der Waals surface area contributed by atoms with Gasteiger partial charge in [0.2, 0.25) is 0 Å². The van der Waals surface area contributed by atoms with E-state index in [0.717, 1.165) is 22.6 Å². The van der Waals surface area contributed by atoms with Crippen LogP contribution in [-0.4, -0.2) is 40.7 Å². The molecular formula is C35H37N3O6S. The van der Waals surface area contributed by atoms with Crippen molar-refractivity contribution in [3.63, 3.8) is 0 Å². The van der Waals surface area contributed by atoms with E-state index in [-0.39, 0.29) is 24.1 Å². The summed E-state index contributed by atoms with van der Waals surface area (Å²) in [5.74, 6) is 0.511. The number of aromatic nitrogens is 2. The Morgan fingerprint density at radius 1 is 1.07 bits per heavy atom. The lowest BCUT2D eigenvalue weighted by Gasteiger charge is -2.25. The summed E-state index contributed by atoms with van der Waals surface area (Å²) in [6.07, 6.45) is 1.79. The zero-order valence-electron chi connectivity index (χ0n) is 26.8. The summed E-state index contributed by atoms with van der Waals surface area (Å²) >= 11 is 1.27. The van der Waals surface area contributed by atoms with Crippen molar-refractivity contribution in [2.45, 2.75) is 60.6 Å². The number of carbonyl (C=O) groups is 2. The van der Waals surface area contributed by atoms with Crippen molar-refractivity contribution in [3.8, 4) is 17.2 Å². The first-order valence-corrected chi connectivity index (χ1v) is 15.6. The van der Waals surface area contributed by atoms with Crippen LogP contribution in [0.25, 0.3) is 11.8 Å². The zero-order valence-corrected chi connectivity index (χ0v) is 27.6. The molecule has 0 aliphatic carbocycles. The van der Waals surface area contributed by atoms with E-state index in [4.69, 9.17) is 19.2 Å². The van der Waals surface area contributed by atoms with Crippen LogP contribution in [0.1, 0.15) is 73.5 Å². The molecule has 3 heterocycles. The van der Waals surface area contributed by atoms with Crippen molar-refractivity contribution in [1.29, 1.82) is 0 Å². The average Bonchev–Trinajstić information content (AvgIpc) is 3.45. The number of ether oxygens (including phenoxy) is 3. The molecule has 0 N–H and O–H groups in total. The summed E-state index contributed by atoms with van der Waals surface area (Å²) in [5, 5.41) is 0. The fourth-order valence-corrected chi connectivity index (χ4v) is 6.69. The van der Waals surface area contributed by atoms with Crippen molar-refractivity contribution < 1.29 is 23.8 Å². The first kappa shape index (κ1) is 31.7. The SMILES string of the molecule is CCOC(=O)C1=C(C)N=c2s/c(=C\c3cc(C)n(-c4cccc(C(C)=O)c4)c3C)c(=O)n2[C@@H]1c1ccc(OC(C)C)c(OC)c1. The number of nitrogens with zero attached hydrogens (tertiary/aromatic N) is 3. The zero-order chi connectivity index (χ0) is 32.6. The standard InChI is InChI=1S/C35H37N3O6S/c1-9-43-34(41)31-21(5)36-35-38(32(31)25-13-14-28(44-19(2)3)29(17-25)42-8)33(40)30(45-35)18-26-15-20(4)37(22(26)6)27-12-10-11-24(16-27)23(7)39/h10-19,32H,9H2,1-8H3/b30-18-/t32-/m1/s1. The number of hydrogen-bond donors (Lipinski definition) is 0.